The normalized spacial score (nSPS) is 11.1. The van der Waals surface area contributed by atoms with E-state index in [-0.39, 0.29) is 11.4 Å². The number of hydrogen-bond acceptors (Lipinski definition) is 3. The predicted molar refractivity (Wildman–Crippen MR) is 120 cm³/mol. The highest BCUT2D eigenvalue weighted by molar-refractivity contribution is 9.10. The fraction of sp³-hybridized carbons (Fsp3) is 0.136. The Morgan fingerprint density at radius 2 is 1.59 bits per heavy atom. The molecule has 150 valence electrons. The Hall–Kier alpha value is -2.64. The summed E-state index contributed by atoms with van der Waals surface area (Å²) in [5, 5.41) is 2.75. The Morgan fingerprint density at radius 1 is 0.931 bits per heavy atom. The van der Waals surface area contributed by atoms with E-state index in [1.165, 1.54) is 12.1 Å². The van der Waals surface area contributed by atoms with Gasteiger partial charge < -0.3 is 5.32 Å². The quantitative estimate of drug-likeness (QED) is 0.554. The zero-order valence-electron chi connectivity index (χ0n) is 16.1. The monoisotopic (exact) mass is 472 g/mol. The molecule has 0 heterocycles. The van der Waals surface area contributed by atoms with Gasteiger partial charge in [-0.3, -0.25) is 9.10 Å². The van der Waals surface area contributed by atoms with Gasteiger partial charge in [-0.1, -0.05) is 40.2 Å². The van der Waals surface area contributed by atoms with Crippen LogP contribution >= 0.6 is 15.9 Å². The number of nitrogens with zero attached hydrogens (tertiary/aromatic N) is 1. The summed E-state index contributed by atoms with van der Waals surface area (Å²) in [7, 11) is -3.91. The van der Waals surface area contributed by atoms with Crippen molar-refractivity contribution in [1.82, 2.24) is 0 Å². The minimum absolute atomic E-state index is 0.134. The molecule has 7 heteroatoms. The van der Waals surface area contributed by atoms with Crippen LogP contribution in [0.15, 0.2) is 82.2 Å². The molecule has 0 saturated carbocycles. The number of anilines is 2. The van der Waals surface area contributed by atoms with E-state index < -0.39 is 15.9 Å². The van der Waals surface area contributed by atoms with Crippen molar-refractivity contribution < 1.29 is 13.2 Å². The zero-order chi connectivity index (χ0) is 21.0. The van der Waals surface area contributed by atoms with E-state index in [1.54, 1.807) is 54.6 Å². The lowest BCUT2D eigenvalue weighted by Gasteiger charge is -2.25. The molecule has 0 saturated heterocycles. The summed E-state index contributed by atoms with van der Waals surface area (Å²) in [5.41, 5.74) is 3.03. The van der Waals surface area contributed by atoms with Gasteiger partial charge in [0.25, 0.3) is 10.0 Å². The minimum atomic E-state index is -3.91. The highest BCUT2D eigenvalue weighted by Gasteiger charge is 2.27. The van der Waals surface area contributed by atoms with Crippen LogP contribution < -0.4 is 9.62 Å². The number of carbonyl (C=O) groups is 1. The molecule has 3 rings (SSSR count). The van der Waals surface area contributed by atoms with Crippen LogP contribution in [0.3, 0.4) is 0 Å². The lowest BCUT2D eigenvalue weighted by atomic mass is 10.1. The lowest BCUT2D eigenvalue weighted by molar-refractivity contribution is -0.114. The largest absolute Gasteiger partial charge is 0.325 e. The molecule has 0 fully saturated rings. The number of nitrogens with one attached hydrogen (secondary N) is 1. The van der Waals surface area contributed by atoms with Crippen LogP contribution in [0.5, 0.6) is 0 Å². The molecule has 3 aromatic rings. The Kier molecular flexibility index (Phi) is 6.39. The van der Waals surface area contributed by atoms with E-state index >= 15 is 0 Å². The molecule has 0 bridgehead atoms. The zero-order valence-corrected chi connectivity index (χ0v) is 18.5. The van der Waals surface area contributed by atoms with E-state index in [1.807, 2.05) is 19.9 Å². The Balaban J connectivity index is 1.95. The maximum Gasteiger partial charge on any atom is 0.264 e. The van der Waals surface area contributed by atoms with Gasteiger partial charge in [0.1, 0.15) is 6.54 Å². The van der Waals surface area contributed by atoms with Gasteiger partial charge in [0.2, 0.25) is 5.91 Å². The third-order valence-corrected chi connectivity index (χ3v) is 6.84. The second-order valence-electron chi connectivity index (χ2n) is 6.65. The van der Waals surface area contributed by atoms with E-state index in [9.17, 15) is 13.2 Å². The average Bonchev–Trinajstić information content (AvgIpc) is 2.71. The fourth-order valence-electron chi connectivity index (χ4n) is 2.78. The van der Waals surface area contributed by atoms with Crippen molar-refractivity contribution in [2.24, 2.45) is 0 Å². The molecule has 0 aromatic heterocycles. The highest BCUT2D eigenvalue weighted by Crippen LogP contribution is 2.26. The van der Waals surface area contributed by atoms with Crippen molar-refractivity contribution in [3.8, 4) is 0 Å². The van der Waals surface area contributed by atoms with Gasteiger partial charge in [-0.05, 0) is 73.5 Å². The number of aryl methyl sites for hydroxylation is 2. The van der Waals surface area contributed by atoms with Crippen molar-refractivity contribution in [2.75, 3.05) is 16.2 Å². The maximum atomic E-state index is 13.3. The second-order valence-corrected chi connectivity index (χ2v) is 9.43. The number of amides is 1. The molecule has 0 aliphatic carbocycles. The maximum absolute atomic E-state index is 13.3. The van der Waals surface area contributed by atoms with Crippen LogP contribution in [0.2, 0.25) is 0 Å². The van der Waals surface area contributed by atoms with Gasteiger partial charge >= 0.3 is 0 Å². The molecule has 0 unspecified atom stereocenters. The van der Waals surface area contributed by atoms with Gasteiger partial charge in [0.15, 0.2) is 0 Å². The van der Waals surface area contributed by atoms with Gasteiger partial charge in [-0.2, -0.15) is 0 Å². The summed E-state index contributed by atoms with van der Waals surface area (Å²) < 4.78 is 28.6. The SMILES string of the molecule is Cc1ccc(N(CC(=O)Nc2ccc(Br)cc2)S(=O)(=O)c2ccccc2)cc1C. The molecular weight excluding hydrogens is 452 g/mol. The van der Waals surface area contributed by atoms with Crippen molar-refractivity contribution in [3.05, 3.63) is 88.4 Å². The lowest BCUT2D eigenvalue weighted by Crippen LogP contribution is -2.38. The van der Waals surface area contributed by atoms with Crippen LogP contribution in [0.4, 0.5) is 11.4 Å². The molecule has 0 aliphatic heterocycles. The number of sulfonamides is 1. The number of hydrogen-bond donors (Lipinski definition) is 1. The summed E-state index contributed by atoms with van der Waals surface area (Å²) in [6.07, 6.45) is 0. The first-order valence-electron chi connectivity index (χ1n) is 8.98. The second kappa shape index (κ2) is 8.80. The molecule has 1 N–H and O–H groups in total. The van der Waals surface area contributed by atoms with E-state index in [0.29, 0.717) is 11.4 Å². The van der Waals surface area contributed by atoms with Crippen molar-refractivity contribution >= 4 is 43.2 Å². The van der Waals surface area contributed by atoms with E-state index in [0.717, 1.165) is 19.9 Å². The van der Waals surface area contributed by atoms with Crippen molar-refractivity contribution in [1.29, 1.82) is 0 Å². The third-order valence-electron chi connectivity index (χ3n) is 4.52. The van der Waals surface area contributed by atoms with Crippen LogP contribution in [0, 0.1) is 13.8 Å². The van der Waals surface area contributed by atoms with Crippen molar-refractivity contribution in [3.63, 3.8) is 0 Å². The van der Waals surface area contributed by atoms with E-state index in [4.69, 9.17) is 0 Å². The van der Waals surface area contributed by atoms with Gasteiger partial charge in [-0.25, -0.2) is 8.42 Å². The predicted octanol–water partition coefficient (Wildman–Crippen LogP) is 4.90. The summed E-state index contributed by atoms with van der Waals surface area (Å²) in [5.74, 6) is -0.426. The smallest absolute Gasteiger partial charge is 0.264 e. The summed E-state index contributed by atoms with van der Waals surface area (Å²) >= 11 is 3.35. The number of benzene rings is 3. The molecule has 1 amide bonds. The number of halogens is 1. The number of rotatable bonds is 6. The summed E-state index contributed by atoms with van der Waals surface area (Å²) in [6.45, 7) is 3.53. The Morgan fingerprint density at radius 3 is 2.21 bits per heavy atom. The molecule has 29 heavy (non-hydrogen) atoms. The topological polar surface area (TPSA) is 66.5 Å². The molecule has 0 aliphatic rings. The summed E-state index contributed by atoms with van der Waals surface area (Å²) in [6, 6.07) is 20.6. The molecule has 0 spiro atoms. The highest BCUT2D eigenvalue weighted by atomic mass is 79.9. The Labute approximate surface area is 179 Å². The minimum Gasteiger partial charge on any atom is -0.325 e. The van der Waals surface area contributed by atoms with Gasteiger partial charge in [0.05, 0.1) is 10.6 Å². The molecule has 0 radical (unpaired) electrons. The molecule has 3 aromatic carbocycles. The molecule has 5 nitrogen and oxygen atoms in total. The van der Waals surface area contributed by atoms with Crippen molar-refractivity contribution in [2.45, 2.75) is 18.7 Å². The first kappa shape index (κ1) is 21.1. The molecular formula is C22H21BrN2O3S. The number of carbonyl (C=O) groups excluding carboxylic acids is 1. The van der Waals surface area contributed by atoms with Gasteiger partial charge in [0, 0.05) is 10.2 Å². The van der Waals surface area contributed by atoms with Crippen LogP contribution in [0.1, 0.15) is 11.1 Å². The average molecular weight is 473 g/mol. The van der Waals surface area contributed by atoms with Crippen LogP contribution in [0.25, 0.3) is 0 Å². The Bertz CT molecular complexity index is 1110. The van der Waals surface area contributed by atoms with Crippen LogP contribution in [-0.4, -0.2) is 20.9 Å². The van der Waals surface area contributed by atoms with E-state index in [2.05, 4.69) is 21.2 Å². The summed E-state index contributed by atoms with van der Waals surface area (Å²) in [4.78, 5) is 12.8. The first-order valence-corrected chi connectivity index (χ1v) is 11.2. The third kappa shape index (κ3) is 5.05. The standard InChI is InChI=1S/C22H21BrN2O3S/c1-16-8-13-20(14-17(16)2)25(29(27,28)21-6-4-3-5-7-21)15-22(26)24-19-11-9-18(23)10-12-19/h3-14H,15H2,1-2H3,(H,24,26). The fourth-order valence-corrected chi connectivity index (χ4v) is 4.48. The molecule has 0 atom stereocenters. The first-order chi connectivity index (χ1) is 13.8. The van der Waals surface area contributed by atoms with Crippen LogP contribution in [-0.2, 0) is 14.8 Å². The van der Waals surface area contributed by atoms with Gasteiger partial charge in [-0.15, -0.1) is 0 Å².